The van der Waals surface area contributed by atoms with E-state index >= 15 is 0 Å². The van der Waals surface area contributed by atoms with Crippen molar-refractivity contribution in [3.63, 3.8) is 0 Å². The van der Waals surface area contributed by atoms with Crippen molar-refractivity contribution in [3.8, 4) is 0 Å². The first-order valence-corrected chi connectivity index (χ1v) is 11.1. The van der Waals surface area contributed by atoms with Crippen molar-refractivity contribution < 1.29 is 0 Å². The van der Waals surface area contributed by atoms with Gasteiger partial charge in [-0.1, -0.05) is 18.2 Å². The highest BCUT2D eigenvalue weighted by atomic mass is 32.1. The average molecular weight is 442 g/mol. The predicted octanol–water partition coefficient (Wildman–Crippen LogP) is 3.27. The van der Waals surface area contributed by atoms with E-state index in [2.05, 4.69) is 15.2 Å². The lowest BCUT2D eigenvalue weighted by Crippen LogP contribution is -2.24. The van der Waals surface area contributed by atoms with Crippen molar-refractivity contribution in [2.24, 2.45) is 14.1 Å². The maximum atomic E-state index is 13.4. The SMILES string of the molecule is Cn1ncc2c(Cn3ncc4c5sc(Cc6ccccn6)nc5n(C)c4c3=O)cccc21. The van der Waals surface area contributed by atoms with Crippen LogP contribution in [0.2, 0.25) is 0 Å². The molecule has 0 saturated heterocycles. The molecule has 0 radical (unpaired) electrons. The fraction of sp³-hybridized carbons (Fsp3) is 0.174. The van der Waals surface area contributed by atoms with Gasteiger partial charge >= 0.3 is 0 Å². The minimum Gasteiger partial charge on any atom is -0.323 e. The molecule has 6 rings (SSSR count). The largest absolute Gasteiger partial charge is 0.323 e. The van der Waals surface area contributed by atoms with Gasteiger partial charge in [0.15, 0.2) is 5.65 Å². The smallest absolute Gasteiger partial charge is 0.291 e. The molecule has 0 unspecified atom stereocenters. The van der Waals surface area contributed by atoms with Gasteiger partial charge in [-0.25, -0.2) is 9.67 Å². The minimum atomic E-state index is -0.123. The van der Waals surface area contributed by atoms with Crippen molar-refractivity contribution in [2.45, 2.75) is 13.0 Å². The number of pyridine rings is 1. The summed E-state index contributed by atoms with van der Waals surface area (Å²) in [5.41, 5.74) is 4.32. The van der Waals surface area contributed by atoms with Gasteiger partial charge in [0, 0.05) is 43.2 Å². The van der Waals surface area contributed by atoms with Crippen LogP contribution < -0.4 is 5.56 Å². The number of nitrogens with zero attached hydrogens (tertiary/aromatic N) is 7. The lowest BCUT2D eigenvalue weighted by Gasteiger charge is -2.07. The molecule has 1 aromatic carbocycles. The molecule has 0 aliphatic heterocycles. The number of hydrogen-bond donors (Lipinski definition) is 0. The van der Waals surface area contributed by atoms with E-state index in [-0.39, 0.29) is 5.56 Å². The summed E-state index contributed by atoms with van der Waals surface area (Å²) < 4.78 is 6.22. The van der Waals surface area contributed by atoms with Crippen molar-refractivity contribution >= 4 is 43.5 Å². The van der Waals surface area contributed by atoms with Gasteiger partial charge in [-0.15, -0.1) is 11.3 Å². The summed E-state index contributed by atoms with van der Waals surface area (Å²) >= 11 is 1.59. The van der Waals surface area contributed by atoms with Crippen LogP contribution in [0.25, 0.3) is 32.2 Å². The monoisotopic (exact) mass is 441 g/mol. The van der Waals surface area contributed by atoms with Crippen LogP contribution in [0, 0.1) is 0 Å². The third-order valence-corrected chi connectivity index (χ3v) is 6.91. The molecule has 0 fully saturated rings. The van der Waals surface area contributed by atoms with Gasteiger partial charge in [0.2, 0.25) is 0 Å². The van der Waals surface area contributed by atoms with Crippen molar-refractivity contribution in [1.82, 2.24) is 34.1 Å². The molecule has 0 atom stereocenters. The molecule has 0 aliphatic rings. The zero-order chi connectivity index (χ0) is 21.8. The maximum absolute atomic E-state index is 13.4. The molecule has 8 nitrogen and oxygen atoms in total. The molecular weight excluding hydrogens is 422 g/mol. The summed E-state index contributed by atoms with van der Waals surface area (Å²) in [5, 5.41) is 11.7. The molecule has 158 valence electrons. The molecule has 32 heavy (non-hydrogen) atoms. The normalized spacial score (nSPS) is 11.8. The first-order chi connectivity index (χ1) is 15.6. The van der Waals surface area contributed by atoms with E-state index in [9.17, 15) is 4.79 Å². The molecule has 0 N–H and O–H groups in total. The summed E-state index contributed by atoms with van der Waals surface area (Å²) in [6.45, 7) is 0.384. The van der Waals surface area contributed by atoms with Crippen LogP contribution in [0.1, 0.15) is 16.3 Å². The highest BCUT2D eigenvalue weighted by Crippen LogP contribution is 2.31. The standard InChI is InChI=1S/C23H19N7OS/c1-28-20-17(21-22(28)27-19(32-21)10-15-7-3-4-9-24-15)12-26-30(23(20)31)13-14-6-5-8-18-16(14)11-25-29(18)2/h3-9,11-12H,10,13H2,1-2H3. The summed E-state index contributed by atoms with van der Waals surface area (Å²) in [5.74, 6) is 0. The van der Waals surface area contributed by atoms with Crippen LogP contribution >= 0.6 is 11.3 Å². The zero-order valence-electron chi connectivity index (χ0n) is 17.6. The van der Waals surface area contributed by atoms with Crippen molar-refractivity contribution in [1.29, 1.82) is 0 Å². The Hall–Kier alpha value is -3.85. The number of aromatic nitrogens is 7. The second-order valence-electron chi connectivity index (χ2n) is 7.80. The fourth-order valence-corrected chi connectivity index (χ4v) is 5.34. The van der Waals surface area contributed by atoms with Crippen molar-refractivity contribution in [2.75, 3.05) is 0 Å². The highest BCUT2D eigenvalue weighted by molar-refractivity contribution is 7.19. The molecule has 0 bridgehead atoms. The van der Waals surface area contributed by atoms with Gasteiger partial charge in [-0.3, -0.25) is 14.5 Å². The van der Waals surface area contributed by atoms with Crippen LogP contribution in [-0.2, 0) is 27.1 Å². The van der Waals surface area contributed by atoms with Crippen LogP contribution in [-0.4, -0.2) is 34.1 Å². The van der Waals surface area contributed by atoms with Gasteiger partial charge < -0.3 is 4.57 Å². The Morgan fingerprint density at radius 1 is 1.00 bits per heavy atom. The van der Waals surface area contributed by atoms with Crippen LogP contribution in [0.15, 0.2) is 59.8 Å². The van der Waals surface area contributed by atoms with E-state index in [0.29, 0.717) is 18.5 Å². The van der Waals surface area contributed by atoms with Crippen LogP contribution in [0.4, 0.5) is 0 Å². The number of thiazole rings is 1. The number of aryl methyl sites for hydroxylation is 2. The number of fused-ring (bicyclic) bond motifs is 4. The third-order valence-electron chi connectivity index (χ3n) is 5.83. The topological polar surface area (TPSA) is 83.4 Å². The molecule has 0 aliphatic carbocycles. The molecule has 0 amide bonds. The second kappa shape index (κ2) is 7.10. The Kier molecular flexibility index (Phi) is 4.19. The lowest BCUT2D eigenvalue weighted by atomic mass is 10.1. The Morgan fingerprint density at radius 3 is 2.72 bits per heavy atom. The zero-order valence-corrected chi connectivity index (χ0v) is 18.4. The number of rotatable bonds is 4. The van der Waals surface area contributed by atoms with Gasteiger partial charge in [0.05, 0.1) is 29.2 Å². The van der Waals surface area contributed by atoms with Gasteiger partial charge in [-0.05, 0) is 23.8 Å². The molecule has 5 aromatic heterocycles. The van der Waals surface area contributed by atoms with Gasteiger partial charge in [-0.2, -0.15) is 10.2 Å². The maximum Gasteiger partial charge on any atom is 0.291 e. The summed E-state index contributed by atoms with van der Waals surface area (Å²) in [7, 11) is 3.80. The van der Waals surface area contributed by atoms with E-state index in [1.807, 2.05) is 65.9 Å². The highest BCUT2D eigenvalue weighted by Gasteiger charge is 2.19. The summed E-state index contributed by atoms with van der Waals surface area (Å²) in [4.78, 5) is 22.6. The Morgan fingerprint density at radius 2 is 1.88 bits per heavy atom. The number of benzene rings is 1. The Bertz CT molecular complexity index is 1670. The predicted molar refractivity (Wildman–Crippen MR) is 125 cm³/mol. The van der Waals surface area contributed by atoms with Crippen LogP contribution in [0.5, 0.6) is 0 Å². The first kappa shape index (κ1) is 18.9. The summed E-state index contributed by atoms with van der Waals surface area (Å²) in [6.07, 6.45) is 6.07. The van der Waals surface area contributed by atoms with E-state index < -0.39 is 0 Å². The third kappa shape index (κ3) is 2.85. The Balaban J connectivity index is 1.43. The average Bonchev–Trinajstić information content (AvgIpc) is 3.46. The molecule has 0 spiro atoms. The molecule has 5 heterocycles. The molecule has 0 saturated carbocycles. The molecular formula is C23H19N7OS. The van der Waals surface area contributed by atoms with E-state index in [1.165, 1.54) is 4.68 Å². The minimum absolute atomic E-state index is 0.123. The van der Waals surface area contributed by atoms with Gasteiger partial charge in [0.25, 0.3) is 5.56 Å². The fourth-order valence-electron chi connectivity index (χ4n) is 4.21. The van der Waals surface area contributed by atoms with Gasteiger partial charge in [0.1, 0.15) is 10.5 Å². The lowest BCUT2D eigenvalue weighted by molar-refractivity contribution is 0.647. The summed E-state index contributed by atoms with van der Waals surface area (Å²) in [6, 6.07) is 11.9. The van der Waals surface area contributed by atoms with E-state index in [0.717, 1.165) is 42.9 Å². The molecule has 6 aromatic rings. The van der Waals surface area contributed by atoms with E-state index in [1.54, 1.807) is 23.7 Å². The second-order valence-corrected chi connectivity index (χ2v) is 8.89. The first-order valence-electron chi connectivity index (χ1n) is 10.2. The quantitative estimate of drug-likeness (QED) is 0.419. The van der Waals surface area contributed by atoms with E-state index in [4.69, 9.17) is 4.98 Å². The van der Waals surface area contributed by atoms with Crippen molar-refractivity contribution in [3.05, 3.63) is 81.6 Å². The molecule has 9 heteroatoms. The Labute approximate surface area is 186 Å². The van der Waals surface area contributed by atoms with Crippen LogP contribution in [0.3, 0.4) is 0 Å². The number of hydrogen-bond acceptors (Lipinski definition) is 6.